The first-order valence-corrected chi connectivity index (χ1v) is 11.1. The van der Waals surface area contributed by atoms with Crippen molar-refractivity contribution >= 4 is 27.5 Å². The molecule has 0 spiro atoms. The second-order valence-electron chi connectivity index (χ2n) is 7.25. The molecule has 9 heteroatoms. The number of amides is 2. The topological polar surface area (TPSA) is 74.8 Å². The number of nitrogens with zero attached hydrogens (tertiary/aromatic N) is 2. The van der Waals surface area contributed by atoms with Crippen molar-refractivity contribution in [1.29, 1.82) is 0 Å². The Morgan fingerprint density at radius 3 is 2.00 bits per heavy atom. The predicted molar refractivity (Wildman–Crippen MR) is 113 cm³/mol. The van der Waals surface area contributed by atoms with Crippen molar-refractivity contribution in [1.82, 2.24) is 4.31 Å². The Labute approximate surface area is 183 Å². The highest BCUT2D eigenvalue weighted by Gasteiger charge is 2.46. The van der Waals surface area contributed by atoms with E-state index in [1.54, 1.807) is 30.3 Å². The van der Waals surface area contributed by atoms with Crippen molar-refractivity contribution in [2.24, 2.45) is 0 Å². The third kappa shape index (κ3) is 4.17. The molecule has 3 aromatic rings. The molecule has 0 bridgehead atoms. The van der Waals surface area contributed by atoms with Gasteiger partial charge in [0.25, 0.3) is 5.91 Å². The highest BCUT2D eigenvalue weighted by atomic mass is 32.2. The summed E-state index contributed by atoms with van der Waals surface area (Å²) in [5.74, 6) is -2.33. The minimum absolute atomic E-state index is 0.223. The number of rotatable bonds is 6. The number of carbonyl (C=O) groups excluding carboxylic acids is 2. The van der Waals surface area contributed by atoms with E-state index in [1.165, 1.54) is 24.3 Å². The van der Waals surface area contributed by atoms with Crippen molar-refractivity contribution in [3.8, 4) is 0 Å². The summed E-state index contributed by atoms with van der Waals surface area (Å²) in [6, 6.07) is 16.3. The van der Waals surface area contributed by atoms with Gasteiger partial charge in [-0.25, -0.2) is 22.1 Å². The molecule has 1 aliphatic rings. The fourth-order valence-electron chi connectivity index (χ4n) is 3.56. The Kier molecular flexibility index (Phi) is 5.86. The molecule has 3 aromatic carbocycles. The molecular formula is C23H18F2N2O4S. The van der Waals surface area contributed by atoms with Crippen LogP contribution in [0.5, 0.6) is 0 Å². The predicted octanol–water partition coefficient (Wildman–Crippen LogP) is 3.49. The van der Waals surface area contributed by atoms with E-state index < -0.39 is 39.5 Å². The van der Waals surface area contributed by atoms with Gasteiger partial charge < -0.3 is 0 Å². The van der Waals surface area contributed by atoms with Gasteiger partial charge >= 0.3 is 0 Å². The van der Waals surface area contributed by atoms with E-state index in [9.17, 15) is 26.8 Å². The lowest BCUT2D eigenvalue weighted by atomic mass is 10.2. The van der Waals surface area contributed by atoms with Gasteiger partial charge in [0, 0.05) is 6.54 Å². The molecule has 32 heavy (non-hydrogen) atoms. The maximum Gasteiger partial charge on any atom is 0.252 e. The molecule has 1 unspecified atom stereocenters. The Balaban J connectivity index is 1.75. The standard InChI is InChI=1S/C23H18F2N2O4S/c24-17-8-6-16(7-9-17)15-26(32(30,31)20-12-10-18(25)11-13-20)21-14-22(28)27(23(21)29)19-4-2-1-3-5-19/h1-13,21H,14-15H2. The van der Waals surface area contributed by atoms with Crippen molar-refractivity contribution in [2.75, 3.05) is 4.90 Å². The smallest absolute Gasteiger partial charge is 0.252 e. The number of hydrogen-bond acceptors (Lipinski definition) is 4. The summed E-state index contributed by atoms with van der Waals surface area (Å²) in [5, 5.41) is 0. The Morgan fingerprint density at radius 2 is 1.41 bits per heavy atom. The SMILES string of the molecule is O=C1CC(N(Cc2ccc(F)cc2)S(=O)(=O)c2ccc(F)cc2)C(=O)N1c1ccccc1. The highest BCUT2D eigenvalue weighted by molar-refractivity contribution is 7.89. The molecule has 1 aliphatic heterocycles. The van der Waals surface area contributed by atoms with Crippen LogP contribution in [0.4, 0.5) is 14.5 Å². The summed E-state index contributed by atoms with van der Waals surface area (Å²) in [6.07, 6.45) is -0.352. The van der Waals surface area contributed by atoms with E-state index in [0.717, 1.165) is 33.5 Å². The number of sulfonamides is 1. The van der Waals surface area contributed by atoms with Crippen LogP contribution in [0.15, 0.2) is 83.8 Å². The fourth-order valence-corrected chi connectivity index (χ4v) is 5.13. The number of imide groups is 1. The average molecular weight is 456 g/mol. The van der Waals surface area contributed by atoms with Gasteiger partial charge in [0.1, 0.15) is 17.7 Å². The Bertz CT molecular complexity index is 1250. The van der Waals surface area contributed by atoms with Gasteiger partial charge in [-0.1, -0.05) is 30.3 Å². The zero-order chi connectivity index (χ0) is 22.9. The molecule has 0 aliphatic carbocycles. The van der Waals surface area contributed by atoms with Crippen LogP contribution in [-0.4, -0.2) is 30.6 Å². The van der Waals surface area contributed by atoms with Crippen LogP contribution >= 0.6 is 0 Å². The molecule has 6 nitrogen and oxygen atoms in total. The molecular weight excluding hydrogens is 438 g/mol. The molecule has 1 saturated heterocycles. The molecule has 0 aromatic heterocycles. The van der Waals surface area contributed by atoms with E-state index in [-0.39, 0.29) is 17.9 Å². The minimum atomic E-state index is -4.30. The maximum atomic E-state index is 13.4. The first-order chi connectivity index (χ1) is 15.3. The van der Waals surface area contributed by atoms with Gasteiger partial charge in [0.2, 0.25) is 15.9 Å². The maximum absolute atomic E-state index is 13.4. The third-order valence-corrected chi connectivity index (χ3v) is 7.03. The second kappa shape index (κ2) is 8.60. The van der Waals surface area contributed by atoms with Crippen LogP contribution in [-0.2, 0) is 26.2 Å². The van der Waals surface area contributed by atoms with Crippen molar-refractivity contribution < 1.29 is 26.8 Å². The lowest BCUT2D eigenvalue weighted by Gasteiger charge is -2.27. The summed E-state index contributed by atoms with van der Waals surface area (Å²) in [7, 11) is -4.30. The number of para-hydroxylation sites is 1. The molecule has 164 valence electrons. The molecule has 1 heterocycles. The minimum Gasteiger partial charge on any atom is -0.274 e. The lowest BCUT2D eigenvalue weighted by molar-refractivity contribution is -0.122. The quantitative estimate of drug-likeness (QED) is 0.533. The van der Waals surface area contributed by atoms with Gasteiger partial charge in [-0.05, 0) is 54.1 Å². The number of anilines is 1. The first kappa shape index (κ1) is 21.8. The van der Waals surface area contributed by atoms with Crippen LogP contribution in [0.25, 0.3) is 0 Å². The summed E-state index contributed by atoms with van der Waals surface area (Å²) in [4.78, 5) is 26.6. The lowest BCUT2D eigenvalue weighted by Crippen LogP contribution is -2.45. The first-order valence-electron chi connectivity index (χ1n) is 9.71. The third-order valence-electron chi connectivity index (χ3n) is 5.16. The van der Waals surface area contributed by atoms with Crippen molar-refractivity contribution in [2.45, 2.75) is 23.9 Å². The van der Waals surface area contributed by atoms with Crippen LogP contribution in [0.3, 0.4) is 0 Å². The van der Waals surface area contributed by atoms with E-state index in [2.05, 4.69) is 0 Å². The summed E-state index contributed by atoms with van der Waals surface area (Å²) >= 11 is 0. The normalized spacial score (nSPS) is 16.7. The van der Waals surface area contributed by atoms with Gasteiger partial charge in [0.05, 0.1) is 17.0 Å². The highest BCUT2D eigenvalue weighted by Crippen LogP contribution is 2.30. The molecule has 4 rings (SSSR count). The molecule has 1 fully saturated rings. The monoisotopic (exact) mass is 456 g/mol. The number of carbonyl (C=O) groups is 2. The van der Waals surface area contributed by atoms with E-state index >= 15 is 0 Å². The zero-order valence-electron chi connectivity index (χ0n) is 16.7. The Morgan fingerprint density at radius 1 is 0.844 bits per heavy atom. The molecule has 0 saturated carbocycles. The van der Waals surface area contributed by atoms with Crippen LogP contribution in [0, 0.1) is 11.6 Å². The largest absolute Gasteiger partial charge is 0.274 e. The second-order valence-corrected chi connectivity index (χ2v) is 9.14. The van der Waals surface area contributed by atoms with Gasteiger partial charge in [-0.15, -0.1) is 0 Å². The van der Waals surface area contributed by atoms with Gasteiger partial charge in [-0.3, -0.25) is 9.59 Å². The zero-order valence-corrected chi connectivity index (χ0v) is 17.5. The van der Waals surface area contributed by atoms with E-state index in [0.29, 0.717) is 11.3 Å². The number of hydrogen-bond donors (Lipinski definition) is 0. The fraction of sp³-hybridized carbons (Fsp3) is 0.130. The van der Waals surface area contributed by atoms with Crippen molar-refractivity contribution in [3.05, 3.63) is 96.1 Å². The molecule has 0 N–H and O–H groups in total. The van der Waals surface area contributed by atoms with Crippen LogP contribution in [0.2, 0.25) is 0 Å². The van der Waals surface area contributed by atoms with Gasteiger partial charge in [0.15, 0.2) is 0 Å². The number of benzene rings is 3. The summed E-state index contributed by atoms with van der Waals surface area (Å²) in [5.41, 5.74) is 0.765. The van der Waals surface area contributed by atoms with E-state index in [1.807, 2.05) is 0 Å². The summed E-state index contributed by atoms with van der Waals surface area (Å²) < 4.78 is 54.5. The summed E-state index contributed by atoms with van der Waals surface area (Å²) in [6.45, 7) is -0.272. The molecule has 1 atom stereocenters. The Hall–Kier alpha value is -3.43. The van der Waals surface area contributed by atoms with Crippen LogP contribution < -0.4 is 4.90 Å². The molecule has 0 radical (unpaired) electrons. The van der Waals surface area contributed by atoms with E-state index in [4.69, 9.17) is 0 Å². The average Bonchev–Trinajstić information content (AvgIpc) is 3.07. The number of halogens is 2. The van der Waals surface area contributed by atoms with Gasteiger partial charge in [-0.2, -0.15) is 4.31 Å². The van der Waals surface area contributed by atoms with Crippen LogP contribution in [0.1, 0.15) is 12.0 Å². The molecule has 2 amide bonds. The van der Waals surface area contributed by atoms with Crippen molar-refractivity contribution in [3.63, 3.8) is 0 Å².